The van der Waals surface area contributed by atoms with Crippen molar-refractivity contribution in [1.82, 2.24) is 10.2 Å². The first-order valence-corrected chi connectivity index (χ1v) is 8.73. The van der Waals surface area contributed by atoms with Gasteiger partial charge in [0.15, 0.2) is 11.8 Å². The van der Waals surface area contributed by atoms with Gasteiger partial charge in [0.05, 0.1) is 17.1 Å². The molecule has 2 amide bonds. The van der Waals surface area contributed by atoms with Crippen molar-refractivity contribution in [2.45, 2.75) is 42.2 Å². The number of carbonyl (C=O) groups is 3. The van der Waals surface area contributed by atoms with Crippen LogP contribution in [0.1, 0.15) is 19.4 Å². The predicted octanol–water partition coefficient (Wildman–Crippen LogP) is -3.50. The van der Waals surface area contributed by atoms with E-state index in [-0.39, 0.29) is 36.0 Å². The number of nitrogens with zero attached hydrogens (tertiary/aromatic N) is 1. The Labute approximate surface area is 178 Å². The normalized spacial score (nSPS) is 28.6. The summed E-state index contributed by atoms with van der Waals surface area (Å²) in [6.07, 6.45) is -0.701. The van der Waals surface area contributed by atoms with Gasteiger partial charge in [0, 0.05) is 7.11 Å². The topological polar surface area (TPSA) is 98.8 Å². The molecule has 0 aliphatic carbocycles. The number of hydrogen-bond acceptors (Lipinski definition) is 6. The van der Waals surface area contributed by atoms with Crippen molar-refractivity contribution in [2.75, 3.05) is 7.11 Å². The van der Waals surface area contributed by atoms with Crippen LogP contribution in [0.15, 0.2) is 30.3 Å². The van der Waals surface area contributed by atoms with Gasteiger partial charge in [0.1, 0.15) is 5.37 Å². The zero-order valence-electron chi connectivity index (χ0n) is 15.1. The molecule has 0 spiro atoms. The summed E-state index contributed by atoms with van der Waals surface area (Å²) in [4.78, 5) is 38.1. The summed E-state index contributed by atoms with van der Waals surface area (Å²) in [7, 11) is 1.40. The van der Waals surface area contributed by atoms with Crippen LogP contribution >= 0.6 is 11.8 Å². The summed E-state index contributed by atoms with van der Waals surface area (Å²) in [6, 6.07) is 8.97. The number of benzene rings is 1. The number of thioether (sulfide) groups is 1. The molecule has 2 fully saturated rings. The van der Waals surface area contributed by atoms with Crippen LogP contribution < -0.4 is 40.0 Å². The van der Waals surface area contributed by atoms with E-state index in [4.69, 9.17) is 4.74 Å². The van der Waals surface area contributed by atoms with Crippen LogP contribution in [0, 0.1) is 0 Å². The third kappa shape index (κ3) is 3.07. The minimum Gasteiger partial charge on any atom is -0.545 e. The molecule has 3 rings (SSSR count). The van der Waals surface area contributed by atoms with Gasteiger partial charge in [-0.05, 0) is 19.4 Å². The summed E-state index contributed by atoms with van der Waals surface area (Å²) in [5.74, 6) is -2.45. The average Bonchev–Trinajstić information content (AvgIpc) is 2.74. The Morgan fingerprint density at radius 3 is 2.46 bits per heavy atom. The van der Waals surface area contributed by atoms with E-state index in [0.717, 1.165) is 5.56 Å². The fourth-order valence-electron chi connectivity index (χ4n) is 3.44. The number of hydrogen-bond donors (Lipinski definition) is 1. The van der Waals surface area contributed by atoms with Crippen LogP contribution in [-0.2, 0) is 25.5 Å². The standard InChI is InChI=1S/C17H20N2O5S.Na/c1-16(2)17(15(22)23,19-13(21)12(24-3)14(19)25-16)18-11(20)9-10-7-5-4-6-8-10;/h4-8,12,14H,9H2,1-3H3,(H,18,20)(H,22,23);/q;+1/p-1/t12-,14+,17-;/m0./s1. The van der Waals surface area contributed by atoms with E-state index >= 15 is 0 Å². The van der Waals surface area contributed by atoms with Crippen molar-refractivity contribution in [3.63, 3.8) is 0 Å². The molecule has 0 bridgehead atoms. The first-order valence-electron chi connectivity index (χ1n) is 7.85. The van der Waals surface area contributed by atoms with Gasteiger partial charge < -0.3 is 20.0 Å². The van der Waals surface area contributed by atoms with Gasteiger partial charge in [0.2, 0.25) is 5.91 Å². The van der Waals surface area contributed by atoms with Crippen molar-refractivity contribution in [2.24, 2.45) is 0 Å². The minimum absolute atomic E-state index is 0. The summed E-state index contributed by atoms with van der Waals surface area (Å²) < 4.78 is 4.16. The Morgan fingerprint density at radius 1 is 1.31 bits per heavy atom. The number of aliphatic carboxylic acids is 1. The summed E-state index contributed by atoms with van der Waals surface area (Å²) in [5.41, 5.74) is -1.17. The van der Waals surface area contributed by atoms with Crippen molar-refractivity contribution in [1.29, 1.82) is 0 Å². The zero-order chi connectivity index (χ0) is 18.4. The van der Waals surface area contributed by atoms with Gasteiger partial charge in [0.25, 0.3) is 5.91 Å². The molecule has 1 N–H and O–H groups in total. The van der Waals surface area contributed by atoms with Gasteiger partial charge in [-0.1, -0.05) is 30.3 Å². The summed E-state index contributed by atoms with van der Waals surface area (Å²) in [5, 5.41) is 14.2. The summed E-state index contributed by atoms with van der Waals surface area (Å²) in [6.45, 7) is 3.35. The quantitative estimate of drug-likeness (QED) is 0.417. The van der Waals surface area contributed by atoms with Crippen LogP contribution in [-0.4, -0.2) is 51.7 Å². The molecule has 2 saturated heterocycles. The molecule has 2 aliphatic rings. The van der Waals surface area contributed by atoms with E-state index in [0.29, 0.717) is 0 Å². The number of nitrogens with one attached hydrogen (secondary N) is 1. The Balaban J connectivity index is 0.00000243. The number of fused-ring (bicyclic) bond motifs is 1. The second-order valence-electron chi connectivity index (χ2n) is 6.59. The number of carboxylic acids is 1. The van der Waals surface area contributed by atoms with E-state index in [9.17, 15) is 19.5 Å². The maximum absolute atomic E-state index is 12.5. The van der Waals surface area contributed by atoms with Crippen molar-refractivity contribution in [3.05, 3.63) is 35.9 Å². The van der Waals surface area contributed by atoms with Gasteiger partial charge in [-0.3, -0.25) is 14.5 Å². The predicted molar refractivity (Wildman–Crippen MR) is 89.1 cm³/mol. The monoisotopic (exact) mass is 386 g/mol. The fraction of sp³-hybridized carbons (Fsp3) is 0.471. The SMILES string of the molecule is CO[C@H]1C(=O)N2[C@@H]1SC(C)(C)[C@]2(NC(=O)Cc1ccccc1)C(=O)[O-].[Na+]. The molecular formula is C17H19N2NaO5S. The molecule has 2 heterocycles. The number of β-lactam (4-membered cyclic amide) rings is 1. The number of amides is 2. The molecule has 134 valence electrons. The first-order chi connectivity index (χ1) is 11.7. The molecule has 0 saturated carbocycles. The van der Waals surface area contributed by atoms with Crippen LogP contribution in [0.3, 0.4) is 0 Å². The third-order valence-corrected chi connectivity index (χ3v) is 6.30. The van der Waals surface area contributed by atoms with Crippen LogP contribution in [0.4, 0.5) is 0 Å². The Kier molecular flexibility index (Phi) is 6.14. The van der Waals surface area contributed by atoms with Gasteiger partial charge in [-0.2, -0.15) is 0 Å². The van der Waals surface area contributed by atoms with Crippen LogP contribution in [0.2, 0.25) is 0 Å². The third-order valence-electron chi connectivity index (χ3n) is 4.72. The maximum atomic E-state index is 12.5. The molecule has 0 radical (unpaired) electrons. The molecule has 3 atom stereocenters. The number of ether oxygens (including phenoxy) is 1. The smallest absolute Gasteiger partial charge is 0.545 e. The van der Waals surface area contributed by atoms with Crippen molar-refractivity contribution >= 4 is 29.5 Å². The van der Waals surface area contributed by atoms with Crippen molar-refractivity contribution < 1.29 is 53.8 Å². The molecule has 0 unspecified atom stereocenters. The minimum atomic E-state index is -1.92. The first kappa shape index (κ1) is 21.2. The second-order valence-corrected chi connectivity index (χ2v) is 8.33. The number of carboxylic acid groups (broad SMARTS) is 1. The summed E-state index contributed by atoms with van der Waals surface area (Å²) >= 11 is 1.28. The average molecular weight is 386 g/mol. The molecule has 2 aliphatic heterocycles. The molecule has 1 aromatic rings. The van der Waals surface area contributed by atoms with Gasteiger partial charge in [-0.15, -0.1) is 11.8 Å². The molecular weight excluding hydrogens is 367 g/mol. The van der Waals surface area contributed by atoms with E-state index in [2.05, 4.69) is 5.32 Å². The van der Waals surface area contributed by atoms with E-state index in [1.165, 1.54) is 23.8 Å². The Hall–Kier alpha value is -1.06. The van der Waals surface area contributed by atoms with E-state index in [1.807, 2.05) is 6.07 Å². The van der Waals surface area contributed by atoms with Crippen LogP contribution in [0.5, 0.6) is 0 Å². The van der Waals surface area contributed by atoms with Gasteiger partial charge >= 0.3 is 29.6 Å². The molecule has 9 heteroatoms. The Bertz CT molecular complexity index is 729. The Morgan fingerprint density at radius 2 is 1.92 bits per heavy atom. The van der Waals surface area contributed by atoms with Crippen molar-refractivity contribution in [3.8, 4) is 0 Å². The maximum Gasteiger partial charge on any atom is 1.00 e. The van der Waals surface area contributed by atoms with Crippen LogP contribution in [0.25, 0.3) is 0 Å². The van der Waals surface area contributed by atoms with E-state index < -0.39 is 39.7 Å². The number of rotatable bonds is 5. The zero-order valence-corrected chi connectivity index (χ0v) is 18.0. The molecule has 26 heavy (non-hydrogen) atoms. The molecule has 0 aromatic heterocycles. The fourth-order valence-corrected chi connectivity index (χ4v) is 5.16. The number of methoxy groups -OCH3 is 1. The van der Waals surface area contributed by atoms with Gasteiger partial charge in [-0.25, -0.2) is 0 Å². The largest absolute Gasteiger partial charge is 1.00 e. The molecule has 1 aromatic carbocycles. The van der Waals surface area contributed by atoms with E-state index in [1.54, 1.807) is 38.1 Å². The molecule has 7 nitrogen and oxygen atoms in total. The second kappa shape index (κ2) is 7.52. The number of carbonyl (C=O) groups excluding carboxylic acids is 3.